The number of ether oxygens (including phenoxy) is 1. The van der Waals surface area contributed by atoms with E-state index in [4.69, 9.17) is 4.74 Å². The highest BCUT2D eigenvalue weighted by atomic mass is 16.5. The van der Waals surface area contributed by atoms with Crippen molar-refractivity contribution in [3.05, 3.63) is 54.9 Å². The largest absolute Gasteiger partial charge is 0.439 e. The molecule has 0 aliphatic rings. The summed E-state index contributed by atoms with van der Waals surface area (Å²) in [5.74, 6) is 2.16. The summed E-state index contributed by atoms with van der Waals surface area (Å²) in [6, 6.07) is 16.2. The van der Waals surface area contributed by atoms with Crippen LogP contribution in [0.25, 0.3) is 10.8 Å². The van der Waals surface area contributed by atoms with Gasteiger partial charge >= 0.3 is 0 Å². The first kappa shape index (κ1) is 21.1. The molecule has 29 heavy (non-hydrogen) atoms. The first-order valence-corrected chi connectivity index (χ1v) is 11.1. The molecule has 0 aliphatic heterocycles. The van der Waals surface area contributed by atoms with E-state index in [0.717, 1.165) is 23.5 Å². The third-order valence-corrected chi connectivity index (χ3v) is 5.17. The van der Waals surface area contributed by atoms with Gasteiger partial charge in [-0.25, -0.2) is 9.97 Å². The summed E-state index contributed by atoms with van der Waals surface area (Å²) in [7, 11) is 0. The van der Waals surface area contributed by atoms with E-state index in [1.807, 2.05) is 30.3 Å². The lowest BCUT2D eigenvalue weighted by Crippen LogP contribution is -2.04. The summed E-state index contributed by atoms with van der Waals surface area (Å²) in [5, 5.41) is 5.74. The van der Waals surface area contributed by atoms with Gasteiger partial charge in [-0.1, -0.05) is 88.6 Å². The molecular formula is C25H33N3O. The Labute approximate surface area is 174 Å². The highest BCUT2D eigenvalue weighted by Crippen LogP contribution is 2.25. The molecule has 0 bridgehead atoms. The lowest BCUT2D eigenvalue weighted by Gasteiger charge is -2.09. The molecular weight excluding hydrogens is 358 g/mol. The second kappa shape index (κ2) is 12.1. The number of nitrogens with zero attached hydrogens (tertiary/aromatic N) is 2. The topological polar surface area (TPSA) is 47.0 Å². The number of rotatable bonds is 13. The molecule has 0 atom stereocenters. The van der Waals surface area contributed by atoms with E-state index in [1.165, 1.54) is 63.2 Å². The highest BCUT2D eigenvalue weighted by molar-refractivity contribution is 5.83. The molecule has 3 rings (SSSR count). The van der Waals surface area contributed by atoms with Gasteiger partial charge in [0.2, 0.25) is 5.88 Å². The summed E-state index contributed by atoms with van der Waals surface area (Å²) in [6.07, 6.45) is 13.6. The zero-order valence-corrected chi connectivity index (χ0v) is 17.6. The number of unbranched alkanes of at least 4 members (excludes halogenated alkanes) is 8. The molecule has 0 unspecified atom stereocenters. The molecule has 4 nitrogen and oxygen atoms in total. The fourth-order valence-corrected chi connectivity index (χ4v) is 3.50. The zero-order chi connectivity index (χ0) is 20.2. The van der Waals surface area contributed by atoms with Crippen molar-refractivity contribution < 1.29 is 4.74 Å². The Hall–Kier alpha value is -2.62. The number of fused-ring (bicyclic) bond motifs is 1. The molecule has 1 N–H and O–H groups in total. The monoisotopic (exact) mass is 391 g/mol. The highest BCUT2D eigenvalue weighted by Gasteiger charge is 2.03. The van der Waals surface area contributed by atoms with E-state index < -0.39 is 0 Å². The molecule has 1 aromatic heterocycles. The molecule has 3 aromatic rings. The van der Waals surface area contributed by atoms with Gasteiger partial charge in [0.05, 0.1) is 0 Å². The Balaban J connectivity index is 1.38. The van der Waals surface area contributed by atoms with Crippen LogP contribution in [0.15, 0.2) is 54.9 Å². The molecule has 1 heterocycles. The summed E-state index contributed by atoms with van der Waals surface area (Å²) in [5.41, 5.74) is 0. The maximum atomic E-state index is 5.94. The van der Waals surface area contributed by atoms with Crippen molar-refractivity contribution in [2.24, 2.45) is 0 Å². The lowest BCUT2D eigenvalue weighted by molar-refractivity contribution is 0.462. The molecule has 0 aliphatic carbocycles. The van der Waals surface area contributed by atoms with E-state index in [1.54, 1.807) is 6.33 Å². The van der Waals surface area contributed by atoms with Crippen LogP contribution in [0.2, 0.25) is 0 Å². The Morgan fingerprint density at radius 1 is 0.759 bits per heavy atom. The standard InChI is InChI=1S/C25H33N3O/c1-2-3-4-5-6-7-8-9-12-17-26-24-19-25(28-20-27-24)29-23-16-15-21-13-10-11-14-22(21)18-23/h10-11,13-16,18-20H,2-9,12,17H2,1H3,(H,26,27,28). The van der Waals surface area contributed by atoms with Gasteiger partial charge in [-0.05, 0) is 29.3 Å². The minimum Gasteiger partial charge on any atom is -0.439 e. The van der Waals surface area contributed by atoms with Crippen LogP contribution in [0.1, 0.15) is 64.7 Å². The molecule has 154 valence electrons. The van der Waals surface area contributed by atoms with Crippen LogP contribution >= 0.6 is 0 Å². The van der Waals surface area contributed by atoms with E-state index >= 15 is 0 Å². The Kier molecular flexibility index (Phi) is 8.77. The maximum absolute atomic E-state index is 5.94. The third-order valence-electron chi connectivity index (χ3n) is 5.17. The van der Waals surface area contributed by atoms with Crippen LogP contribution in [-0.2, 0) is 0 Å². The minimum absolute atomic E-state index is 0.560. The molecule has 0 saturated carbocycles. The van der Waals surface area contributed by atoms with Gasteiger partial charge < -0.3 is 10.1 Å². The van der Waals surface area contributed by atoms with E-state index in [2.05, 4.69) is 40.4 Å². The first-order valence-electron chi connectivity index (χ1n) is 11.1. The second-order valence-corrected chi connectivity index (χ2v) is 7.61. The zero-order valence-electron chi connectivity index (χ0n) is 17.6. The van der Waals surface area contributed by atoms with Gasteiger partial charge in [-0.2, -0.15) is 0 Å². The normalized spacial score (nSPS) is 10.9. The third kappa shape index (κ3) is 7.37. The van der Waals surface area contributed by atoms with Crippen LogP contribution in [0.5, 0.6) is 11.6 Å². The Morgan fingerprint density at radius 2 is 1.48 bits per heavy atom. The maximum Gasteiger partial charge on any atom is 0.224 e. The average Bonchev–Trinajstić information content (AvgIpc) is 2.75. The van der Waals surface area contributed by atoms with Crippen molar-refractivity contribution in [3.63, 3.8) is 0 Å². The van der Waals surface area contributed by atoms with Crippen molar-refractivity contribution in [2.75, 3.05) is 11.9 Å². The number of benzene rings is 2. The van der Waals surface area contributed by atoms with Gasteiger partial charge in [0.1, 0.15) is 17.9 Å². The summed E-state index contributed by atoms with van der Waals surface area (Å²) >= 11 is 0. The summed E-state index contributed by atoms with van der Waals surface area (Å²) in [6.45, 7) is 3.20. The van der Waals surface area contributed by atoms with Crippen LogP contribution < -0.4 is 10.1 Å². The van der Waals surface area contributed by atoms with E-state index in [-0.39, 0.29) is 0 Å². The molecule has 2 aromatic carbocycles. The van der Waals surface area contributed by atoms with Gasteiger partial charge in [0.15, 0.2) is 0 Å². The SMILES string of the molecule is CCCCCCCCCCCNc1cc(Oc2ccc3ccccc3c2)ncn1. The minimum atomic E-state index is 0.560. The van der Waals surface area contributed by atoms with Crippen molar-refractivity contribution >= 4 is 16.6 Å². The van der Waals surface area contributed by atoms with Crippen molar-refractivity contribution in [1.82, 2.24) is 9.97 Å². The first-order chi connectivity index (χ1) is 14.3. The summed E-state index contributed by atoms with van der Waals surface area (Å²) < 4.78 is 5.94. The van der Waals surface area contributed by atoms with Crippen LogP contribution in [0.4, 0.5) is 5.82 Å². The molecule has 0 amide bonds. The van der Waals surface area contributed by atoms with Crippen LogP contribution in [0.3, 0.4) is 0 Å². The van der Waals surface area contributed by atoms with Crippen LogP contribution in [0, 0.1) is 0 Å². The molecule has 4 heteroatoms. The van der Waals surface area contributed by atoms with Crippen LogP contribution in [-0.4, -0.2) is 16.5 Å². The van der Waals surface area contributed by atoms with E-state index in [0.29, 0.717) is 5.88 Å². The van der Waals surface area contributed by atoms with Crippen molar-refractivity contribution in [1.29, 1.82) is 0 Å². The molecule has 0 fully saturated rings. The number of nitrogens with one attached hydrogen (secondary N) is 1. The number of hydrogen-bond acceptors (Lipinski definition) is 4. The Bertz CT molecular complexity index is 865. The van der Waals surface area contributed by atoms with Gasteiger partial charge in [-0.15, -0.1) is 0 Å². The van der Waals surface area contributed by atoms with Gasteiger partial charge in [-0.3, -0.25) is 0 Å². The van der Waals surface area contributed by atoms with E-state index in [9.17, 15) is 0 Å². The lowest BCUT2D eigenvalue weighted by atomic mass is 10.1. The van der Waals surface area contributed by atoms with Crippen molar-refractivity contribution in [3.8, 4) is 11.6 Å². The van der Waals surface area contributed by atoms with Crippen molar-refractivity contribution in [2.45, 2.75) is 64.7 Å². The molecule has 0 saturated heterocycles. The number of hydrogen-bond donors (Lipinski definition) is 1. The number of anilines is 1. The molecule has 0 spiro atoms. The van der Waals surface area contributed by atoms with Gasteiger partial charge in [0, 0.05) is 12.6 Å². The predicted octanol–water partition coefficient (Wildman–Crippen LogP) is 7.36. The predicted molar refractivity (Wildman–Crippen MR) is 122 cm³/mol. The average molecular weight is 392 g/mol. The molecule has 0 radical (unpaired) electrons. The fraction of sp³-hybridized carbons (Fsp3) is 0.440. The second-order valence-electron chi connectivity index (χ2n) is 7.61. The quantitative estimate of drug-likeness (QED) is 0.309. The number of aromatic nitrogens is 2. The summed E-state index contributed by atoms with van der Waals surface area (Å²) in [4.78, 5) is 8.55. The fourth-order valence-electron chi connectivity index (χ4n) is 3.50. The Morgan fingerprint density at radius 3 is 2.28 bits per heavy atom. The smallest absolute Gasteiger partial charge is 0.224 e. The van der Waals surface area contributed by atoms with Gasteiger partial charge in [0.25, 0.3) is 0 Å².